The van der Waals surface area contributed by atoms with Crippen LogP contribution < -0.4 is 4.74 Å². The van der Waals surface area contributed by atoms with Crippen molar-refractivity contribution in [2.75, 3.05) is 21.3 Å². The van der Waals surface area contributed by atoms with E-state index >= 15 is 0 Å². The van der Waals surface area contributed by atoms with E-state index in [0.717, 1.165) is 31.0 Å². The molecule has 0 spiro atoms. The molecule has 0 aliphatic rings. The lowest BCUT2D eigenvalue weighted by Gasteiger charge is -2.11. The first-order valence-corrected chi connectivity index (χ1v) is 8.83. The Labute approximate surface area is 175 Å². The number of rotatable bonds is 5. The number of alkyl halides is 3. The molecule has 7 nitrogen and oxygen atoms in total. The van der Waals surface area contributed by atoms with Gasteiger partial charge in [0.05, 0.1) is 32.6 Å². The van der Waals surface area contributed by atoms with Crippen molar-refractivity contribution < 1.29 is 37.0 Å². The molecule has 1 aromatic heterocycles. The molecule has 0 saturated heterocycles. The molecule has 10 heteroatoms. The number of para-hydroxylation sites is 1. The standard InChI is InChI=1S/C21H17F3N2O5/c1-29-15-10-12(9-13(11-15)21(22,23)24)17-16(19(27)30-2)18(20(28)31-3)26(25-17)14-7-5-4-6-8-14/h4-11H,1-3H3. The summed E-state index contributed by atoms with van der Waals surface area (Å²) in [5, 5.41) is 4.28. The molecule has 1 heterocycles. The maximum Gasteiger partial charge on any atom is 0.416 e. The Hall–Kier alpha value is -3.82. The minimum absolute atomic E-state index is 0.0908. The highest BCUT2D eigenvalue weighted by molar-refractivity contribution is 6.06. The molecular weight excluding hydrogens is 417 g/mol. The Morgan fingerprint density at radius 1 is 0.935 bits per heavy atom. The fourth-order valence-corrected chi connectivity index (χ4v) is 2.97. The van der Waals surface area contributed by atoms with Gasteiger partial charge in [0.2, 0.25) is 0 Å². The lowest BCUT2D eigenvalue weighted by molar-refractivity contribution is -0.137. The Bertz CT molecular complexity index is 1120. The van der Waals surface area contributed by atoms with Crippen LogP contribution in [0.5, 0.6) is 5.75 Å². The molecule has 0 aliphatic carbocycles. The zero-order valence-electron chi connectivity index (χ0n) is 16.7. The van der Waals surface area contributed by atoms with Crippen LogP contribution in [0.1, 0.15) is 26.4 Å². The van der Waals surface area contributed by atoms with Crippen molar-refractivity contribution in [2.24, 2.45) is 0 Å². The van der Waals surface area contributed by atoms with Gasteiger partial charge in [0.1, 0.15) is 17.0 Å². The minimum atomic E-state index is -4.68. The van der Waals surface area contributed by atoms with E-state index in [9.17, 15) is 22.8 Å². The summed E-state index contributed by atoms with van der Waals surface area (Å²) in [6, 6.07) is 11.2. The molecule has 0 bridgehead atoms. The number of carbonyl (C=O) groups excluding carboxylic acids is 2. The summed E-state index contributed by atoms with van der Waals surface area (Å²) < 4.78 is 55.9. The average molecular weight is 434 g/mol. The van der Waals surface area contributed by atoms with Crippen LogP contribution in [0.3, 0.4) is 0 Å². The first-order chi connectivity index (χ1) is 14.7. The lowest BCUT2D eigenvalue weighted by Crippen LogP contribution is -2.15. The molecule has 31 heavy (non-hydrogen) atoms. The zero-order chi connectivity index (χ0) is 22.8. The van der Waals surface area contributed by atoms with Crippen LogP contribution in [0.2, 0.25) is 0 Å². The van der Waals surface area contributed by atoms with Gasteiger partial charge in [0.15, 0.2) is 5.69 Å². The van der Waals surface area contributed by atoms with Gasteiger partial charge in [-0.05, 0) is 30.3 Å². The molecule has 162 valence electrons. The summed E-state index contributed by atoms with van der Waals surface area (Å²) in [4.78, 5) is 25.1. The van der Waals surface area contributed by atoms with E-state index < -0.39 is 23.7 Å². The van der Waals surface area contributed by atoms with Crippen molar-refractivity contribution in [1.29, 1.82) is 0 Å². The van der Waals surface area contributed by atoms with E-state index in [2.05, 4.69) is 5.10 Å². The predicted molar refractivity (Wildman–Crippen MR) is 103 cm³/mol. The fourth-order valence-electron chi connectivity index (χ4n) is 2.97. The van der Waals surface area contributed by atoms with Gasteiger partial charge >= 0.3 is 18.1 Å². The summed E-state index contributed by atoms with van der Waals surface area (Å²) in [6.07, 6.45) is -4.68. The number of esters is 2. The van der Waals surface area contributed by atoms with Gasteiger partial charge in [0, 0.05) is 5.56 Å². The molecule has 0 saturated carbocycles. The maximum absolute atomic E-state index is 13.4. The average Bonchev–Trinajstić information content (AvgIpc) is 3.18. The molecule has 0 fully saturated rings. The summed E-state index contributed by atoms with van der Waals surface area (Å²) >= 11 is 0. The van der Waals surface area contributed by atoms with Gasteiger partial charge in [0.25, 0.3) is 0 Å². The smallest absolute Gasteiger partial charge is 0.416 e. The van der Waals surface area contributed by atoms with Crippen LogP contribution in [-0.2, 0) is 15.7 Å². The Balaban J connectivity index is 2.39. The molecule has 0 amide bonds. The fraction of sp³-hybridized carbons (Fsp3) is 0.190. The molecule has 0 unspecified atom stereocenters. The van der Waals surface area contributed by atoms with Gasteiger partial charge in [-0.2, -0.15) is 18.3 Å². The van der Waals surface area contributed by atoms with E-state index in [1.165, 1.54) is 13.2 Å². The highest BCUT2D eigenvalue weighted by Crippen LogP contribution is 2.37. The number of aromatic nitrogens is 2. The molecule has 0 radical (unpaired) electrons. The number of hydrogen-bond acceptors (Lipinski definition) is 6. The number of methoxy groups -OCH3 is 3. The third-order valence-corrected chi connectivity index (χ3v) is 4.40. The van der Waals surface area contributed by atoms with Gasteiger partial charge in [-0.15, -0.1) is 0 Å². The molecule has 2 aromatic carbocycles. The monoisotopic (exact) mass is 434 g/mol. The van der Waals surface area contributed by atoms with Gasteiger partial charge in [-0.3, -0.25) is 0 Å². The summed E-state index contributed by atoms with van der Waals surface area (Å²) in [6.45, 7) is 0. The van der Waals surface area contributed by atoms with Gasteiger partial charge < -0.3 is 14.2 Å². The number of halogens is 3. The number of carbonyl (C=O) groups is 2. The highest BCUT2D eigenvalue weighted by Gasteiger charge is 2.35. The minimum Gasteiger partial charge on any atom is -0.497 e. The topological polar surface area (TPSA) is 79.7 Å². The van der Waals surface area contributed by atoms with Crippen molar-refractivity contribution >= 4 is 11.9 Å². The molecule has 0 aliphatic heterocycles. The normalized spacial score (nSPS) is 11.2. The third-order valence-electron chi connectivity index (χ3n) is 4.40. The number of ether oxygens (including phenoxy) is 3. The quantitative estimate of drug-likeness (QED) is 0.562. The van der Waals surface area contributed by atoms with E-state index in [-0.39, 0.29) is 28.3 Å². The largest absolute Gasteiger partial charge is 0.497 e. The van der Waals surface area contributed by atoms with Crippen molar-refractivity contribution in [3.63, 3.8) is 0 Å². The highest BCUT2D eigenvalue weighted by atomic mass is 19.4. The molecular formula is C21H17F3N2O5. The van der Waals surface area contributed by atoms with E-state index in [1.807, 2.05) is 0 Å². The predicted octanol–water partition coefficient (Wildman–Crippen LogP) is 4.14. The first-order valence-electron chi connectivity index (χ1n) is 8.83. The van der Waals surface area contributed by atoms with Crippen LogP contribution in [0.15, 0.2) is 48.5 Å². The second-order valence-electron chi connectivity index (χ2n) is 6.25. The summed E-state index contributed by atoms with van der Waals surface area (Å²) in [5.41, 5.74) is -1.52. The van der Waals surface area contributed by atoms with Crippen LogP contribution >= 0.6 is 0 Å². The van der Waals surface area contributed by atoms with Crippen LogP contribution in [-0.4, -0.2) is 43.0 Å². The zero-order valence-corrected chi connectivity index (χ0v) is 16.7. The Morgan fingerprint density at radius 3 is 2.13 bits per heavy atom. The molecule has 3 rings (SSSR count). The third kappa shape index (κ3) is 4.23. The number of hydrogen-bond donors (Lipinski definition) is 0. The van der Waals surface area contributed by atoms with E-state index in [4.69, 9.17) is 14.2 Å². The summed E-state index contributed by atoms with van der Waals surface area (Å²) in [5.74, 6) is -1.98. The first kappa shape index (κ1) is 21.9. The van der Waals surface area contributed by atoms with Gasteiger partial charge in [-0.25, -0.2) is 14.3 Å². The van der Waals surface area contributed by atoms with Gasteiger partial charge in [-0.1, -0.05) is 18.2 Å². The van der Waals surface area contributed by atoms with E-state index in [1.54, 1.807) is 30.3 Å². The Kier molecular flexibility index (Phi) is 6.00. The van der Waals surface area contributed by atoms with Crippen LogP contribution in [0.25, 0.3) is 16.9 Å². The molecule has 0 N–H and O–H groups in total. The second kappa shape index (κ2) is 8.50. The van der Waals surface area contributed by atoms with Crippen molar-refractivity contribution in [3.05, 3.63) is 65.4 Å². The van der Waals surface area contributed by atoms with Crippen LogP contribution in [0.4, 0.5) is 13.2 Å². The summed E-state index contributed by atoms with van der Waals surface area (Å²) in [7, 11) is 3.40. The lowest BCUT2D eigenvalue weighted by atomic mass is 10.0. The molecule has 3 aromatic rings. The van der Waals surface area contributed by atoms with Crippen LogP contribution in [0, 0.1) is 0 Å². The SMILES string of the molecule is COC(=O)c1c(-c2cc(OC)cc(C(F)(F)F)c2)nn(-c2ccccc2)c1C(=O)OC. The molecule has 0 atom stereocenters. The van der Waals surface area contributed by atoms with Crippen molar-refractivity contribution in [2.45, 2.75) is 6.18 Å². The van der Waals surface area contributed by atoms with Crippen molar-refractivity contribution in [3.8, 4) is 22.7 Å². The van der Waals surface area contributed by atoms with E-state index in [0.29, 0.717) is 5.69 Å². The number of nitrogens with zero attached hydrogens (tertiary/aromatic N) is 2. The van der Waals surface area contributed by atoms with Crippen molar-refractivity contribution in [1.82, 2.24) is 9.78 Å². The maximum atomic E-state index is 13.4. The second-order valence-corrected chi connectivity index (χ2v) is 6.25. The Morgan fingerprint density at radius 2 is 1.58 bits per heavy atom. The number of benzene rings is 2.